The van der Waals surface area contributed by atoms with Gasteiger partial charge in [0, 0.05) is 5.39 Å². The summed E-state index contributed by atoms with van der Waals surface area (Å²) in [5.41, 5.74) is 3.79. The zero-order valence-corrected chi connectivity index (χ0v) is 12.1. The third kappa shape index (κ3) is 2.21. The molecule has 0 saturated heterocycles. The number of benzene rings is 2. The largest absolute Gasteiger partial charge is 0.456 e. The van der Waals surface area contributed by atoms with Crippen molar-refractivity contribution in [3.63, 3.8) is 0 Å². The first-order valence-electron chi connectivity index (χ1n) is 6.49. The van der Waals surface area contributed by atoms with Gasteiger partial charge in [0.15, 0.2) is 5.58 Å². The molecule has 0 saturated carbocycles. The molecule has 0 radical (unpaired) electrons. The first-order valence-corrected chi connectivity index (χ1v) is 6.87. The van der Waals surface area contributed by atoms with Crippen LogP contribution in [-0.4, -0.2) is 5.11 Å². The van der Waals surface area contributed by atoms with Crippen LogP contribution < -0.4 is 0 Å². The molecule has 0 bridgehead atoms. The number of hydrogen-bond donors (Lipinski definition) is 1. The third-order valence-corrected chi connectivity index (χ3v) is 3.93. The number of para-hydroxylation sites is 1. The molecule has 0 amide bonds. The average Bonchev–Trinajstić information content (AvgIpc) is 2.86. The van der Waals surface area contributed by atoms with Crippen LogP contribution in [0.5, 0.6) is 0 Å². The first kappa shape index (κ1) is 13.2. The Morgan fingerprint density at radius 3 is 2.55 bits per heavy atom. The normalized spacial score (nSPS) is 12.8. The highest BCUT2D eigenvalue weighted by atomic mass is 35.5. The molecule has 3 heteroatoms. The van der Waals surface area contributed by atoms with Gasteiger partial charge in [-0.25, -0.2) is 0 Å². The Kier molecular flexibility index (Phi) is 3.28. The zero-order valence-electron chi connectivity index (χ0n) is 11.4. The van der Waals surface area contributed by atoms with Crippen molar-refractivity contribution in [3.8, 4) is 0 Å². The Balaban J connectivity index is 2.05. The molecule has 102 valence electrons. The zero-order chi connectivity index (χ0) is 14.3. The quantitative estimate of drug-likeness (QED) is 0.735. The van der Waals surface area contributed by atoms with E-state index in [4.69, 9.17) is 16.0 Å². The van der Waals surface area contributed by atoms with E-state index < -0.39 is 6.10 Å². The number of rotatable bonds is 2. The van der Waals surface area contributed by atoms with Crippen molar-refractivity contribution >= 4 is 22.6 Å². The van der Waals surface area contributed by atoms with E-state index in [2.05, 4.69) is 0 Å². The summed E-state index contributed by atoms with van der Waals surface area (Å²) in [4.78, 5) is 0. The maximum atomic E-state index is 10.5. The molecule has 2 aromatic carbocycles. The van der Waals surface area contributed by atoms with Crippen molar-refractivity contribution in [2.24, 2.45) is 0 Å². The second-order valence-electron chi connectivity index (χ2n) is 5.05. The fraction of sp³-hybridized carbons (Fsp3) is 0.176. The monoisotopic (exact) mass is 286 g/mol. The minimum absolute atomic E-state index is 0.511. The molecular formula is C17H15ClO2. The molecule has 0 fully saturated rings. The molecule has 1 aromatic heterocycles. The highest BCUT2D eigenvalue weighted by molar-refractivity contribution is 6.34. The van der Waals surface area contributed by atoms with Gasteiger partial charge in [0.2, 0.25) is 0 Å². The number of hydrogen-bond acceptors (Lipinski definition) is 2. The SMILES string of the molecule is Cc1ccc(C(O)c2cc3cccc(Cl)c3o2)cc1C. The molecule has 3 rings (SSSR count). The van der Waals surface area contributed by atoms with Crippen molar-refractivity contribution in [1.29, 1.82) is 0 Å². The molecule has 1 N–H and O–H groups in total. The van der Waals surface area contributed by atoms with E-state index in [1.165, 1.54) is 5.56 Å². The molecule has 0 spiro atoms. The predicted octanol–water partition coefficient (Wildman–Crippen LogP) is 4.78. The fourth-order valence-electron chi connectivity index (χ4n) is 2.28. The predicted molar refractivity (Wildman–Crippen MR) is 81.2 cm³/mol. The summed E-state index contributed by atoms with van der Waals surface area (Å²) >= 11 is 6.09. The molecule has 1 unspecified atom stereocenters. The molecular weight excluding hydrogens is 272 g/mol. The fourth-order valence-corrected chi connectivity index (χ4v) is 2.50. The van der Waals surface area contributed by atoms with Gasteiger partial charge in [0.1, 0.15) is 11.9 Å². The van der Waals surface area contributed by atoms with Gasteiger partial charge in [-0.3, -0.25) is 0 Å². The summed E-state index contributed by atoms with van der Waals surface area (Å²) in [5.74, 6) is 0.511. The topological polar surface area (TPSA) is 33.4 Å². The molecule has 0 aliphatic heterocycles. The maximum absolute atomic E-state index is 10.5. The van der Waals surface area contributed by atoms with Gasteiger partial charge in [0.25, 0.3) is 0 Å². The molecule has 1 heterocycles. The van der Waals surface area contributed by atoms with Gasteiger partial charge in [-0.1, -0.05) is 41.9 Å². The number of halogens is 1. The van der Waals surface area contributed by atoms with Crippen LogP contribution in [0.2, 0.25) is 5.02 Å². The average molecular weight is 287 g/mol. The van der Waals surface area contributed by atoms with Crippen molar-refractivity contribution in [1.82, 2.24) is 0 Å². The van der Waals surface area contributed by atoms with Crippen molar-refractivity contribution < 1.29 is 9.52 Å². The molecule has 20 heavy (non-hydrogen) atoms. The summed E-state index contributed by atoms with van der Waals surface area (Å²) < 4.78 is 5.70. The van der Waals surface area contributed by atoms with Crippen LogP contribution in [0.4, 0.5) is 0 Å². The van der Waals surface area contributed by atoms with Crippen LogP contribution in [0.3, 0.4) is 0 Å². The summed E-state index contributed by atoms with van der Waals surface area (Å²) in [7, 11) is 0. The summed E-state index contributed by atoms with van der Waals surface area (Å²) in [6.45, 7) is 4.08. The number of aliphatic hydroxyl groups is 1. The van der Waals surface area contributed by atoms with Crippen molar-refractivity contribution in [2.75, 3.05) is 0 Å². The highest BCUT2D eigenvalue weighted by Crippen LogP contribution is 2.32. The third-order valence-electron chi connectivity index (χ3n) is 3.63. The van der Waals surface area contributed by atoms with E-state index in [0.29, 0.717) is 16.4 Å². The molecule has 0 aliphatic rings. The van der Waals surface area contributed by atoms with E-state index in [1.54, 1.807) is 6.07 Å². The number of aryl methyl sites for hydroxylation is 2. The number of aliphatic hydroxyl groups excluding tert-OH is 1. The number of furan rings is 1. The lowest BCUT2D eigenvalue weighted by molar-refractivity contribution is 0.192. The minimum atomic E-state index is -0.780. The number of fused-ring (bicyclic) bond motifs is 1. The van der Waals surface area contributed by atoms with Crippen LogP contribution in [-0.2, 0) is 0 Å². The molecule has 3 aromatic rings. The Labute approximate surface area is 122 Å². The van der Waals surface area contributed by atoms with Gasteiger partial charge in [-0.2, -0.15) is 0 Å². The highest BCUT2D eigenvalue weighted by Gasteiger charge is 2.17. The minimum Gasteiger partial charge on any atom is -0.456 e. The van der Waals surface area contributed by atoms with Gasteiger partial charge in [-0.05, 0) is 42.7 Å². The molecule has 0 aliphatic carbocycles. The van der Waals surface area contributed by atoms with Crippen LogP contribution in [0, 0.1) is 13.8 Å². The molecule has 1 atom stereocenters. The first-order chi connectivity index (χ1) is 9.56. The Morgan fingerprint density at radius 2 is 1.85 bits per heavy atom. The standard InChI is InChI=1S/C17H15ClO2/c1-10-6-7-12(8-11(10)2)16(19)15-9-13-4-3-5-14(18)17(13)20-15/h3-9,16,19H,1-2H3. The molecule has 2 nitrogen and oxygen atoms in total. The summed E-state index contributed by atoms with van der Waals surface area (Å²) in [6.07, 6.45) is -0.780. The van der Waals surface area contributed by atoms with E-state index in [0.717, 1.165) is 16.5 Å². The summed E-state index contributed by atoms with van der Waals surface area (Å²) in [6, 6.07) is 13.3. The summed E-state index contributed by atoms with van der Waals surface area (Å²) in [5, 5.41) is 11.9. The smallest absolute Gasteiger partial charge is 0.153 e. The van der Waals surface area contributed by atoms with E-state index in [-0.39, 0.29) is 0 Å². The lowest BCUT2D eigenvalue weighted by Crippen LogP contribution is -1.98. The second-order valence-corrected chi connectivity index (χ2v) is 5.46. The Bertz CT molecular complexity index is 774. The van der Waals surface area contributed by atoms with Crippen LogP contribution in [0.25, 0.3) is 11.0 Å². The Hall–Kier alpha value is -1.77. The van der Waals surface area contributed by atoms with Gasteiger partial charge >= 0.3 is 0 Å². The van der Waals surface area contributed by atoms with Crippen LogP contribution in [0.15, 0.2) is 46.9 Å². The lowest BCUT2D eigenvalue weighted by Gasteiger charge is -2.10. The van der Waals surface area contributed by atoms with Gasteiger partial charge in [-0.15, -0.1) is 0 Å². The van der Waals surface area contributed by atoms with Crippen molar-refractivity contribution in [2.45, 2.75) is 20.0 Å². The van der Waals surface area contributed by atoms with Crippen LogP contribution >= 0.6 is 11.6 Å². The maximum Gasteiger partial charge on any atom is 0.153 e. The van der Waals surface area contributed by atoms with Crippen LogP contribution in [0.1, 0.15) is 28.6 Å². The van der Waals surface area contributed by atoms with Crippen molar-refractivity contribution in [3.05, 3.63) is 69.9 Å². The Morgan fingerprint density at radius 1 is 1.05 bits per heavy atom. The van der Waals surface area contributed by atoms with E-state index >= 15 is 0 Å². The van der Waals surface area contributed by atoms with E-state index in [1.807, 2.05) is 50.2 Å². The van der Waals surface area contributed by atoms with Gasteiger partial charge in [0.05, 0.1) is 5.02 Å². The second kappa shape index (κ2) is 4.97. The lowest BCUT2D eigenvalue weighted by atomic mass is 10.0. The van der Waals surface area contributed by atoms with Gasteiger partial charge < -0.3 is 9.52 Å². The van der Waals surface area contributed by atoms with E-state index in [9.17, 15) is 5.11 Å².